The summed E-state index contributed by atoms with van der Waals surface area (Å²) in [5, 5.41) is 4.87. The number of carbonyl (C=O) groups excluding carboxylic acids is 1. The van der Waals surface area contributed by atoms with E-state index in [-0.39, 0.29) is 23.2 Å². The SMILES string of the molecule is Cc1ccc(S(=O)(=O)Nc2ccc(C(=O)Nc3sc4c(c3-c3nc5ccccc5s3)CCN(C(C)C)C4)cc2)cc1.Cl. The van der Waals surface area contributed by atoms with Crippen LogP contribution in [0.4, 0.5) is 10.7 Å². The fourth-order valence-electron chi connectivity index (χ4n) is 4.95. The minimum absolute atomic E-state index is 0. The van der Waals surface area contributed by atoms with Crippen molar-refractivity contribution in [1.82, 2.24) is 9.88 Å². The molecule has 0 spiro atoms. The van der Waals surface area contributed by atoms with Gasteiger partial charge < -0.3 is 5.32 Å². The maximum absolute atomic E-state index is 13.4. The molecule has 1 amide bonds. The zero-order chi connectivity index (χ0) is 28.7. The molecule has 0 fully saturated rings. The van der Waals surface area contributed by atoms with Crippen molar-refractivity contribution in [1.29, 1.82) is 0 Å². The van der Waals surface area contributed by atoms with Crippen LogP contribution in [0.3, 0.4) is 0 Å². The van der Waals surface area contributed by atoms with E-state index in [1.165, 1.54) is 10.4 Å². The second-order valence-electron chi connectivity index (χ2n) is 10.5. The van der Waals surface area contributed by atoms with E-state index < -0.39 is 10.0 Å². The molecule has 7 nitrogen and oxygen atoms in total. The highest BCUT2D eigenvalue weighted by molar-refractivity contribution is 7.92. The van der Waals surface area contributed by atoms with Crippen molar-refractivity contribution in [2.75, 3.05) is 16.6 Å². The number of thiazole rings is 1. The van der Waals surface area contributed by atoms with E-state index in [1.54, 1.807) is 71.2 Å². The molecule has 6 rings (SSSR count). The summed E-state index contributed by atoms with van der Waals surface area (Å²) in [5.41, 5.74) is 5.04. The van der Waals surface area contributed by atoms with E-state index in [1.807, 2.05) is 25.1 Å². The number of thiophene rings is 1. The normalized spacial score (nSPS) is 13.5. The maximum atomic E-state index is 13.4. The largest absolute Gasteiger partial charge is 0.313 e. The molecule has 0 saturated heterocycles. The highest BCUT2D eigenvalue weighted by Crippen LogP contribution is 2.46. The summed E-state index contributed by atoms with van der Waals surface area (Å²) < 4.78 is 29.3. The van der Waals surface area contributed by atoms with Crippen LogP contribution in [-0.4, -0.2) is 36.8 Å². The van der Waals surface area contributed by atoms with Crippen LogP contribution in [0.1, 0.15) is 40.2 Å². The van der Waals surface area contributed by atoms with Crippen LogP contribution in [0.25, 0.3) is 20.8 Å². The zero-order valence-corrected chi connectivity index (χ0v) is 26.6. The average molecular weight is 639 g/mol. The lowest BCUT2D eigenvalue weighted by Crippen LogP contribution is -2.35. The molecule has 0 radical (unpaired) electrons. The molecule has 42 heavy (non-hydrogen) atoms. The number of hydrogen-bond donors (Lipinski definition) is 2. The van der Waals surface area contributed by atoms with Crippen molar-refractivity contribution in [3.63, 3.8) is 0 Å². The molecule has 2 N–H and O–H groups in total. The van der Waals surface area contributed by atoms with E-state index in [9.17, 15) is 13.2 Å². The Morgan fingerprint density at radius 2 is 1.69 bits per heavy atom. The summed E-state index contributed by atoms with van der Waals surface area (Å²) in [5.74, 6) is -0.250. The number of benzene rings is 3. The Balaban J connectivity index is 0.00000353. The standard InChI is InChI=1S/C31H30N4O3S3.ClH/c1-19(2)35-17-16-24-27(18-35)40-31(28(24)30-32-25-6-4-5-7-26(25)39-30)33-29(36)21-10-12-22(13-11-21)34-41(37,38)23-14-8-20(3)9-15-23;/h4-15,19,34H,16-18H2,1-3H3,(H,33,36);1H. The highest BCUT2D eigenvalue weighted by Gasteiger charge is 2.28. The molecular formula is C31H31ClN4O3S3. The Kier molecular flexibility index (Phi) is 8.73. The first-order valence-electron chi connectivity index (χ1n) is 13.4. The monoisotopic (exact) mass is 638 g/mol. The van der Waals surface area contributed by atoms with Gasteiger partial charge in [-0.15, -0.1) is 35.1 Å². The summed E-state index contributed by atoms with van der Waals surface area (Å²) in [6, 6.07) is 21.7. The second-order valence-corrected chi connectivity index (χ2v) is 14.3. The van der Waals surface area contributed by atoms with Gasteiger partial charge in [0.2, 0.25) is 0 Å². The lowest BCUT2D eigenvalue weighted by molar-refractivity contribution is 0.102. The number of fused-ring (bicyclic) bond motifs is 2. The van der Waals surface area contributed by atoms with Gasteiger partial charge in [-0.1, -0.05) is 29.8 Å². The molecule has 218 valence electrons. The van der Waals surface area contributed by atoms with Gasteiger partial charge in [-0.05, 0) is 81.3 Å². The molecule has 3 heterocycles. The smallest absolute Gasteiger partial charge is 0.261 e. The van der Waals surface area contributed by atoms with Gasteiger partial charge in [0.1, 0.15) is 10.0 Å². The van der Waals surface area contributed by atoms with Crippen molar-refractivity contribution >= 4 is 71.9 Å². The molecule has 0 aliphatic carbocycles. The van der Waals surface area contributed by atoms with Crippen molar-refractivity contribution in [2.24, 2.45) is 0 Å². The van der Waals surface area contributed by atoms with Gasteiger partial charge in [-0.3, -0.25) is 14.4 Å². The summed E-state index contributed by atoms with van der Waals surface area (Å²) >= 11 is 3.27. The fourth-order valence-corrected chi connectivity index (χ4v) is 8.39. The highest BCUT2D eigenvalue weighted by atomic mass is 35.5. The maximum Gasteiger partial charge on any atom is 0.261 e. The van der Waals surface area contributed by atoms with E-state index >= 15 is 0 Å². The number of para-hydroxylation sites is 1. The number of aromatic nitrogens is 1. The number of rotatable bonds is 7. The van der Waals surface area contributed by atoms with Crippen molar-refractivity contribution < 1.29 is 13.2 Å². The Morgan fingerprint density at radius 3 is 2.38 bits per heavy atom. The molecule has 3 aromatic carbocycles. The van der Waals surface area contributed by atoms with Crippen molar-refractivity contribution in [3.05, 3.63) is 94.4 Å². The first-order chi connectivity index (χ1) is 19.7. The number of aryl methyl sites for hydroxylation is 1. The molecule has 0 unspecified atom stereocenters. The molecule has 2 aromatic heterocycles. The Hall–Kier alpha value is -3.28. The molecule has 5 aromatic rings. The quantitative estimate of drug-likeness (QED) is 0.192. The van der Waals surface area contributed by atoms with E-state index in [0.29, 0.717) is 17.3 Å². The van der Waals surface area contributed by atoms with Gasteiger partial charge in [0, 0.05) is 40.8 Å². The van der Waals surface area contributed by atoms with Gasteiger partial charge >= 0.3 is 0 Å². The number of halogens is 1. The zero-order valence-electron chi connectivity index (χ0n) is 23.4. The van der Waals surface area contributed by atoms with Crippen LogP contribution in [0.15, 0.2) is 77.7 Å². The summed E-state index contributed by atoms with van der Waals surface area (Å²) in [7, 11) is -3.73. The van der Waals surface area contributed by atoms with E-state index in [2.05, 4.69) is 34.9 Å². The molecule has 0 bridgehead atoms. The van der Waals surface area contributed by atoms with E-state index in [0.717, 1.165) is 50.9 Å². The van der Waals surface area contributed by atoms with Gasteiger partial charge in [0.25, 0.3) is 15.9 Å². The average Bonchev–Trinajstić information content (AvgIpc) is 3.53. The number of nitrogens with one attached hydrogen (secondary N) is 2. The molecule has 0 atom stereocenters. The Morgan fingerprint density at radius 1 is 0.976 bits per heavy atom. The van der Waals surface area contributed by atoms with E-state index in [4.69, 9.17) is 4.98 Å². The lowest BCUT2D eigenvalue weighted by Gasteiger charge is -2.30. The van der Waals surface area contributed by atoms with Crippen LogP contribution >= 0.6 is 35.1 Å². The third-order valence-electron chi connectivity index (χ3n) is 7.28. The molecular weight excluding hydrogens is 608 g/mol. The Bertz CT molecular complexity index is 1810. The van der Waals surface area contributed by atoms with Crippen LogP contribution in [0.5, 0.6) is 0 Å². The summed E-state index contributed by atoms with van der Waals surface area (Å²) in [4.78, 5) is 22.3. The molecule has 0 saturated carbocycles. The summed E-state index contributed by atoms with van der Waals surface area (Å²) in [6.07, 6.45) is 0.904. The first kappa shape index (κ1) is 30.2. The number of sulfonamides is 1. The molecule has 11 heteroatoms. The number of carbonyl (C=O) groups is 1. The van der Waals surface area contributed by atoms with Crippen molar-refractivity contribution in [3.8, 4) is 10.6 Å². The minimum Gasteiger partial charge on any atom is -0.313 e. The molecule has 1 aliphatic heterocycles. The first-order valence-corrected chi connectivity index (χ1v) is 16.5. The number of anilines is 2. The van der Waals surface area contributed by atoms with Crippen LogP contribution in [-0.2, 0) is 23.0 Å². The number of amides is 1. The lowest BCUT2D eigenvalue weighted by atomic mass is 10.0. The van der Waals surface area contributed by atoms with Crippen LogP contribution in [0, 0.1) is 6.92 Å². The Labute approximate surface area is 260 Å². The van der Waals surface area contributed by atoms with Crippen LogP contribution < -0.4 is 10.0 Å². The van der Waals surface area contributed by atoms with Crippen molar-refractivity contribution in [2.45, 2.75) is 44.7 Å². The summed E-state index contributed by atoms with van der Waals surface area (Å²) in [6.45, 7) is 8.13. The van der Waals surface area contributed by atoms with Gasteiger partial charge in [0.05, 0.1) is 15.1 Å². The third-order valence-corrected chi connectivity index (χ3v) is 10.9. The number of nitrogens with zero attached hydrogens (tertiary/aromatic N) is 2. The van der Waals surface area contributed by atoms with Gasteiger partial charge in [-0.2, -0.15) is 0 Å². The predicted molar refractivity (Wildman–Crippen MR) is 176 cm³/mol. The topological polar surface area (TPSA) is 91.4 Å². The number of hydrogen-bond acceptors (Lipinski definition) is 7. The predicted octanol–water partition coefficient (Wildman–Crippen LogP) is 7.57. The van der Waals surface area contributed by atoms with Gasteiger partial charge in [-0.25, -0.2) is 13.4 Å². The minimum atomic E-state index is -3.73. The van der Waals surface area contributed by atoms with Gasteiger partial charge in [0.15, 0.2) is 0 Å². The fraction of sp³-hybridized carbons (Fsp3) is 0.226. The third kappa shape index (κ3) is 6.09. The van der Waals surface area contributed by atoms with Crippen LogP contribution in [0.2, 0.25) is 0 Å². The molecule has 1 aliphatic rings. The second kappa shape index (κ2) is 12.1.